The maximum Gasteiger partial charge on any atom is 0.167 e. The molecule has 5 rings (SSSR count). The van der Waals surface area contributed by atoms with Crippen molar-refractivity contribution in [2.75, 3.05) is 14.2 Å². The van der Waals surface area contributed by atoms with Crippen LogP contribution >= 0.6 is 0 Å². The van der Waals surface area contributed by atoms with Gasteiger partial charge in [0, 0.05) is 18.5 Å². The van der Waals surface area contributed by atoms with Crippen LogP contribution < -0.4 is 9.47 Å². The normalized spacial score (nSPS) is 25.9. The molecule has 2 aromatic rings. The highest BCUT2D eigenvalue weighted by Crippen LogP contribution is 2.59. The molecule has 0 aliphatic heterocycles. The maximum atomic E-state index is 5.61. The third-order valence-electron chi connectivity index (χ3n) is 7.71. The third-order valence-corrected chi connectivity index (χ3v) is 7.71. The number of hydrogen-bond acceptors (Lipinski definition) is 4. The lowest BCUT2D eigenvalue weighted by Crippen LogP contribution is -2.45. The minimum atomic E-state index is 0.201. The van der Waals surface area contributed by atoms with Gasteiger partial charge in [0.1, 0.15) is 17.3 Å². The number of hydrogen-bond donors (Lipinski definition) is 0. The van der Waals surface area contributed by atoms with Crippen LogP contribution in [0.3, 0.4) is 0 Å². The van der Waals surface area contributed by atoms with Crippen LogP contribution in [0, 0.1) is 5.41 Å². The van der Waals surface area contributed by atoms with Gasteiger partial charge in [0.2, 0.25) is 0 Å². The van der Waals surface area contributed by atoms with Crippen LogP contribution in [0.1, 0.15) is 77.0 Å². The molecule has 29 heavy (non-hydrogen) atoms. The molecule has 0 N–H and O–H groups in total. The number of rotatable bonds is 8. The standard InChI is InChI=1S/C24H35N3O2/c1-5-6-7-10-23-11-14-24(15-12-23,16-13-23)22-26-25-21(27(22)2)19-9-8-18(28-3)17-20(19)29-4/h8-9,17H,5-7,10-16H2,1-4H3. The van der Waals surface area contributed by atoms with Gasteiger partial charge in [-0.05, 0) is 62.5 Å². The fourth-order valence-corrected chi connectivity index (χ4v) is 5.73. The van der Waals surface area contributed by atoms with Crippen molar-refractivity contribution in [3.8, 4) is 22.9 Å². The van der Waals surface area contributed by atoms with Crippen molar-refractivity contribution >= 4 is 0 Å². The number of aromatic nitrogens is 3. The molecule has 0 spiro atoms. The number of benzene rings is 1. The predicted molar refractivity (Wildman–Crippen MR) is 115 cm³/mol. The van der Waals surface area contributed by atoms with E-state index in [0.717, 1.165) is 28.7 Å². The minimum Gasteiger partial charge on any atom is -0.497 e. The summed E-state index contributed by atoms with van der Waals surface area (Å²) < 4.78 is 13.2. The van der Waals surface area contributed by atoms with Gasteiger partial charge in [-0.1, -0.05) is 26.2 Å². The van der Waals surface area contributed by atoms with Gasteiger partial charge in [-0.15, -0.1) is 10.2 Å². The maximum absolute atomic E-state index is 5.61. The quantitative estimate of drug-likeness (QED) is 0.538. The second-order valence-electron chi connectivity index (χ2n) is 9.21. The highest BCUT2D eigenvalue weighted by molar-refractivity contribution is 5.66. The van der Waals surface area contributed by atoms with E-state index in [1.165, 1.54) is 64.2 Å². The van der Waals surface area contributed by atoms with Crippen molar-refractivity contribution in [2.24, 2.45) is 12.5 Å². The molecule has 0 unspecified atom stereocenters. The Labute approximate surface area is 174 Å². The Morgan fingerprint density at radius 2 is 1.69 bits per heavy atom. The molecule has 5 nitrogen and oxygen atoms in total. The number of unbranched alkanes of at least 4 members (excludes halogenated alkanes) is 2. The average molecular weight is 398 g/mol. The number of nitrogens with zero attached hydrogens (tertiary/aromatic N) is 3. The van der Waals surface area contributed by atoms with Gasteiger partial charge in [-0.2, -0.15) is 0 Å². The van der Waals surface area contributed by atoms with Gasteiger partial charge in [-0.3, -0.25) is 0 Å². The van der Waals surface area contributed by atoms with Crippen molar-refractivity contribution < 1.29 is 9.47 Å². The number of methoxy groups -OCH3 is 2. The second-order valence-corrected chi connectivity index (χ2v) is 9.21. The van der Waals surface area contributed by atoms with Crippen molar-refractivity contribution in [3.05, 3.63) is 24.0 Å². The van der Waals surface area contributed by atoms with Crippen LogP contribution in [0.25, 0.3) is 11.4 Å². The Morgan fingerprint density at radius 1 is 0.966 bits per heavy atom. The molecule has 0 atom stereocenters. The smallest absolute Gasteiger partial charge is 0.167 e. The van der Waals surface area contributed by atoms with Gasteiger partial charge in [0.15, 0.2) is 5.82 Å². The monoisotopic (exact) mass is 397 g/mol. The topological polar surface area (TPSA) is 49.2 Å². The van der Waals surface area contributed by atoms with Gasteiger partial charge in [-0.25, -0.2) is 0 Å². The first kappa shape index (κ1) is 20.2. The Balaban J connectivity index is 1.58. The molecule has 1 aromatic carbocycles. The summed E-state index contributed by atoms with van der Waals surface area (Å²) >= 11 is 0. The largest absolute Gasteiger partial charge is 0.497 e. The molecular weight excluding hydrogens is 362 g/mol. The van der Waals surface area contributed by atoms with E-state index < -0.39 is 0 Å². The van der Waals surface area contributed by atoms with Crippen LogP contribution in [0.5, 0.6) is 11.5 Å². The molecule has 0 amide bonds. The van der Waals surface area contributed by atoms with E-state index in [9.17, 15) is 0 Å². The molecule has 0 radical (unpaired) electrons. The molecule has 1 aromatic heterocycles. The first-order valence-electron chi connectivity index (χ1n) is 11.2. The molecule has 3 saturated carbocycles. The lowest BCUT2D eigenvalue weighted by Gasteiger charge is -2.53. The molecule has 3 aliphatic carbocycles. The van der Waals surface area contributed by atoms with Crippen molar-refractivity contribution in [2.45, 2.75) is 76.5 Å². The van der Waals surface area contributed by atoms with E-state index in [1.54, 1.807) is 14.2 Å². The highest BCUT2D eigenvalue weighted by atomic mass is 16.5. The summed E-state index contributed by atoms with van der Waals surface area (Å²) in [6, 6.07) is 5.88. The van der Waals surface area contributed by atoms with Crippen molar-refractivity contribution in [1.29, 1.82) is 0 Å². The second kappa shape index (κ2) is 8.00. The molecule has 0 saturated heterocycles. The zero-order valence-corrected chi connectivity index (χ0v) is 18.5. The van der Waals surface area contributed by atoms with Crippen LogP contribution in [-0.4, -0.2) is 29.0 Å². The van der Waals surface area contributed by atoms with Crippen LogP contribution in [-0.2, 0) is 12.5 Å². The summed E-state index contributed by atoms with van der Waals surface area (Å²) in [4.78, 5) is 0. The minimum absolute atomic E-state index is 0.201. The van der Waals surface area contributed by atoms with E-state index >= 15 is 0 Å². The summed E-state index contributed by atoms with van der Waals surface area (Å²) in [5.74, 6) is 3.59. The van der Waals surface area contributed by atoms with Crippen LogP contribution in [0.2, 0.25) is 0 Å². The van der Waals surface area contributed by atoms with Gasteiger partial charge in [0.05, 0.1) is 19.8 Å². The Bertz CT molecular complexity index is 833. The average Bonchev–Trinajstić information content (AvgIpc) is 3.16. The van der Waals surface area contributed by atoms with Gasteiger partial charge >= 0.3 is 0 Å². The molecular formula is C24H35N3O2. The summed E-state index contributed by atoms with van der Waals surface area (Å²) in [6.07, 6.45) is 13.3. The fraction of sp³-hybridized carbons (Fsp3) is 0.667. The van der Waals surface area contributed by atoms with Crippen molar-refractivity contribution in [3.63, 3.8) is 0 Å². The molecule has 3 fully saturated rings. The summed E-state index contributed by atoms with van der Waals surface area (Å²) in [5.41, 5.74) is 1.77. The Kier molecular flexibility index (Phi) is 5.58. The van der Waals surface area contributed by atoms with E-state index in [1.807, 2.05) is 18.2 Å². The zero-order valence-electron chi connectivity index (χ0n) is 18.5. The third kappa shape index (κ3) is 3.53. The van der Waals surface area contributed by atoms with Gasteiger partial charge in [0.25, 0.3) is 0 Å². The lowest BCUT2D eigenvalue weighted by molar-refractivity contribution is 0.0250. The van der Waals surface area contributed by atoms with Crippen LogP contribution in [0.4, 0.5) is 0 Å². The number of fused-ring (bicyclic) bond motifs is 3. The zero-order chi connectivity index (χ0) is 20.5. The first-order valence-corrected chi connectivity index (χ1v) is 11.2. The summed E-state index contributed by atoms with van der Waals surface area (Å²) in [7, 11) is 5.47. The summed E-state index contributed by atoms with van der Waals surface area (Å²) in [6.45, 7) is 2.30. The Morgan fingerprint density at radius 3 is 2.31 bits per heavy atom. The van der Waals surface area contributed by atoms with Gasteiger partial charge < -0.3 is 14.0 Å². The fourth-order valence-electron chi connectivity index (χ4n) is 5.73. The number of ether oxygens (including phenoxy) is 2. The predicted octanol–water partition coefficient (Wildman–Crippen LogP) is 5.67. The summed E-state index contributed by atoms with van der Waals surface area (Å²) in [5, 5.41) is 9.33. The molecule has 2 bridgehead atoms. The molecule has 5 heteroatoms. The van der Waals surface area contributed by atoms with Crippen molar-refractivity contribution in [1.82, 2.24) is 14.8 Å². The van der Waals surface area contributed by atoms with E-state index in [4.69, 9.17) is 14.6 Å². The Hall–Kier alpha value is -2.04. The first-order chi connectivity index (χ1) is 14.1. The lowest BCUT2D eigenvalue weighted by atomic mass is 9.52. The SMILES string of the molecule is CCCCCC12CCC(c3nnc(-c4ccc(OC)cc4OC)n3C)(CC1)CC2. The van der Waals surface area contributed by atoms with E-state index in [0.29, 0.717) is 5.41 Å². The van der Waals surface area contributed by atoms with Crippen LogP contribution in [0.15, 0.2) is 18.2 Å². The molecule has 1 heterocycles. The van der Waals surface area contributed by atoms with E-state index in [-0.39, 0.29) is 5.41 Å². The van der Waals surface area contributed by atoms with E-state index in [2.05, 4.69) is 23.6 Å². The molecule has 158 valence electrons. The molecule has 3 aliphatic rings. The highest BCUT2D eigenvalue weighted by Gasteiger charge is 2.51.